The Bertz CT molecular complexity index is 829. The molecule has 3 N–H and O–H groups in total. The summed E-state index contributed by atoms with van der Waals surface area (Å²) in [6, 6.07) is 0. The van der Waals surface area contributed by atoms with Crippen LogP contribution in [-0.2, 0) is 4.74 Å². The van der Waals surface area contributed by atoms with Crippen molar-refractivity contribution in [2.45, 2.75) is 90.6 Å². The number of aliphatic hydroxyl groups excluding tert-OH is 2. The summed E-state index contributed by atoms with van der Waals surface area (Å²) in [5, 5.41) is 31.0. The lowest BCUT2D eigenvalue weighted by atomic mass is 9.49. The van der Waals surface area contributed by atoms with Crippen molar-refractivity contribution < 1.29 is 20.1 Å². The van der Waals surface area contributed by atoms with Gasteiger partial charge in [0.15, 0.2) is 0 Å². The highest BCUT2D eigenvalue weighted by Crippen LogP contribution is 2.64. The molecule has 2 saturated carbocycles. The highest BCUT2D eigenvalue weighted by Gasteiger charge is 2.57. The molecule has 31 heavy (non-hydrogen) atoms. The van der Waals surface area contributed by atoms with Gasteiger partial charge in [-0.15, -0.1) is 0 Å². The van der Waals surface area contributed by atoms with E-state index in [1.165, 1.54) is 16.7 Å². The fourth-order valence-corrected chi connectivity index (χ4v) is 6.92. The lowest BCUT2D eigenvalue weighted by Gasteiger charge is -2.56. The van der Waals surface area contributed by atoms with Gasteiger partial charge in [0.05, 0.1) is 30.5 Å². The maximum atomic E-state index is 11.0. The topological polar surface area (TPSA) is 69.9 Å². The molecular weight excluding hydrogens is 388 g/mol. The summed E-state index contributed by atoms with van der Waals surface area (Å²) in [6.45, 7) is 10.8. The molecule has 4 rings (SSSR count). The summed E-state index contributed by atoms with van der Waals surface area (Å²) in [5.41, 5.74) is 3.12. The van der Waals surface area contributed by atoms with Gasteiger partial charge in [-0.2, -0.15) is 0 Å². The Hall–Kier alpha value is -1.20. The van der Waals surface area contributed by atoms with E-state index in [1.54, 1.807) is 19.9 Å². The summed E-state index contributed by atoms with van der Waals surface area (Å²) in [7, 11) is 0. The van der Waals surface area contributed by atoms with Crippen LogP contribution in [0.3, 0.4) is 0 Å². The van der Waals surface area contributed by atoms with Crippen LogP contribution in [-0.4, -0.2) is 45.8 Å². The minimum Gasteiger partial charge on any atom is -0.393 e. The molecular formula is C27H40O4. The van der Waals surface area contributed by atoms with Gasteiger partial charge in [0, 0.05) is 11.8 Å². The van der Waals surface area contributed by atoms with Crippen LogP contribution in [0.5, 0.6) is 0 Å². The predicted octanol–water partition coefficient (Wildman–Crippen LogP) is 4.47. The van der Waals surface area contributed by atoms with Crippen molar-refractivity contribution in [2.24, 2.45) is 22.7 Å². The van der Waals surface area contributed by atoms with Gasteiger partial charge < -0.3 is 20.1 Å². The zero-order valence-electron chi connectivity index (χ0n) is 19.8. The van der Waals surface area contributed by atoms with E-state index in [1.807, 2.05) is 6.08 Å². The second-order valence-corrected chi connectivity index (χ2v) is 11.2. The molecule has 0 spiro atoms. The van der Waals surface area contributed by atoms with Crippen LogP contribution >= 0.6 is 0 Å². The smallest absolute Gasteiger partial charge is 0.0772 e. The molecule has 7 atom stereocenters. The van der Waals surface area contributed by atoms with Gasteiger partial charge in [-0.05, 0) is 69.3 Å². The maximum Gasteiger partial charge on any atom is 0.0772 e. The van der Waals surface area contributed by atoms with Crippen molar-refractivity contribution in [2.75, 3.05) is 6.61 Å². The molecule has 0 aromatic rings. The molecule has 4 aliphatic carbocycles. The largest absolute Gasteiger partial charge is 0.393 e. The highest BCUT2D eigenvalue weighted by molar-refractivity contribution is 5.43. The SMILES string of the molecule is C[C@H](OC/C=C\C(C)(C)O)C1=CC[C@H]2C3=CC=C4C[C@@H](O)C[C@H](O)[C@]4(C)[C@H]3CC[C@]12C. The van der Waals surface area contributed by atoms with Crippen LogP contribution in [0.4, 0.5) is 0 Å². The van der Waals surface area contributed by atoms with E-state index in [2.05, 4.69) is 39.0 Å². The van der Waals surface area contributed by atoms with Gasteiger partial charge in [-0.3, -0.25) is 0 Å². The normalized spacial score (nSPS) is 41.1. The molecule has 0 unspecified atom stereocenters. The molecule has 4 heteroatoms. The van der Waals surface area contributed by atoms with E-state index in [4.69, 9.17) is 4.74 Å². The van der Waals surface area contributed by atoms with Crippen molar-refractivity contribution in [3.8, 4) is 0 Å². The van der Waals surface area contributed by atoms with E-state index < -0.39 is 17.8 Å². The van der Waals surface area contributed by atoms with Crippen molar-refractivity contribution in [1.82, 2.24) is 0 Å². The molecule has 4 nitrogen and oxygen atoms in total. The minimum absolute atomic E-state index is 0.0410. The minimum atomic E-state index is -0.815. The second kappa shape index (κ2) is 7.98. The van der Waals surface area contributed by atoms with Crippen molar-refractivity contribution >= 4 is 0 Å². The number of allylic oxidation sites excluding steroid dienone is 4. The van der Waals surface area contributed by atoms with E-state index in [0.717, 1.165) is 19.3 Å². The lowest BCUT2D eigenvalue weighted by molar-refractivity contribution is -0.0500. The maximum absolute atomic E-state index is 11.0. The molecule has 0 aromatic carbocycles. The molecule has 0 saturated heterocycles. The van der Waals surface area contributed by atoms with Gasteiger partial charge in [-0.25, -0.2) is 0 Å². The Morgan fingerprint density at radius 2 is 1.97 bits per heavy atom. The van der Waals surface area contributed by atoms with Gasteiger partial charge in [0.1, 0.15) is 0 Å². The summed E-state index contributed by atoms with van der Waals surface area (Å²) in [5.74, 6) is 0.805. The Morgan fingerprint density at radius 3 is 2.68 bits per heavy atom. The van der Waals surface area contributed by atoms with E-state index in [9.17, 15) is 15.3 Å². The fraction of sp³-hybridized carbons (Fsp3) is 0.704. The number of hydrogen-bond donors (Lipinski definition) is 3. The predicted molar refractivity (Wildman–Crippen MR) is 123 cm³/mol. The molecule has 0 aromatic heterocycles. The van der Waals surface area contributed by atoms with Crippen molar-refractivity contribution in [3.63, 3.8) is 0 Å². The second-order valence-electron chi connectivity index (χ2n) is 11.2. The third-order valence-electron chi connectivity index (χ3n) is 8.70. The highest BCUT2D eigenvalue weighted by atomic mass is 16.5. The van der Waals surface area contributed by atoms with Crippen LogP contribution in [0.25, 0.3) is 0 Å². The van der Waals surface area contributed by atoms with Crippen molar-refractivity contribution in [1.29, 1.82) is 0 Å². The third-order valence-corrected chi connectivity index (χ3v) is 8.70. The molecule has 0 radical (unpaired) electrons. The van der Waals surface area contributed by atoms with E-state index in [0.29, 0.717) is 31.3 Å². The Balaban J connectivity index is 1.52. The Labute approximate surface area is 187 Å². The fourth-order valence-electron chi connectivity index (χ4n) is 6.92. The summed E-state index contributed by atoms with van der Waals surface area (Å²) >= 11 is 0. The summed E-state index contributed by atoms with van der Waals surface area (Å²) in [6.07, 6.45) is 14.0. The van der Waals surface area contributed by atoms with Crippen molar-refractivity contribution in [3.05, 3.63) is 47.1 Å². The zero-order chi connectivity index (χ0) is 22.6. The van der Waals surface area contributed by atoms with Crippen LogP contribution in [0, 0.1) is 22.7 Å². The third kappa shape index (κ3) is 3.90. The first-order chi connectivity index (χ1) is 14.5. The molecule has 0 aliphatic heterocycles. The standard InChI is InChI=1S/C27H40O4/c1-17(31-14-6-12-25(2,3)30)21-9-10-22-20-8-7-18-15-19(28)16-24(29)27(18,5)23(20)11-13-26(21,22)4/h6-9,12,17,19,22-24,28-30H,10-11,13-16H2,1-5H3/b12-6-/t17-,19+,22-,23-,24-,26+,27-/m0/s1. The number of fused-ring (bicyclic) bond motifs is 5. The average molecular weight is 429 g/mol. The van der Waals surface area contributed by atoms with Crippen LogP contribution in [0.15, 0.2) is 47.1 Å². The molecule has 0 amide bonds. The van der Waals surface area contributed by atoms with Gasteiger partial charge in [0.2, 0.25) is 0 Å². The molecule has 4 aliphatic rings. The summed E-state index contributed by atoms with van der Waals surface area (Å²) < 4.78 is 6.14. The van der Waals surface area contributed by atoms with Gasteiger partial charge in [0.25, 0.3) is 0 Å². The van der Waals surface area contributed by atoms with Crippen LogP contribution in [0.2, 0.25) is 0 Å². The van der Waals surface area contributed by atoms with Gasteiger partial charge >= 0.3 is 0 Å². The lowest BCUT2D eigenvalue weighted by Crippen LogP contribution is -2.52. The molecule has 0 heterocycles. The monoisotopic (exact) mass is 428 g/mol. The quantitative estimate of drug-likeness (QED) is 0.565. The molecule has 172 valence electrons. The zero-order valence-corrected chi connectivity index (χ0v) is 19.8. The number of ether oxygens (including phenoxy) is 1. The number of hydrogen-bond acceptors (Lipinski definition) is 4. The van der Waals surface area contributed by atoms with Crippen LogP contribution in [0.1, 0.15) is 66.7 Å². The first-order valence-corrected chi connectivity index (χ1v) is 12.0. The first kappa shape index (κ1) is 23.0. The Kier molecular flexibility index (Phi) is 5.92. The van der Waals surface area contributed by atoms with Gasteiger partial charge in [-0.1, -0.05) is 55.4 Å². The summed E-state index contributed by atoms with van der Waals surface area (Å²) in [4.78, 5) is 0. The number of rotatable bonds is 5. The van der Waals surface area contributed by atoms with E-state index in [-0.39, 0.29) is 16.9 Å². The van der Waals surface area contributed by atoms with E-state index >= 15 is 0 Å². The van der Waals surface area contributed by atoms with Crippen LogP contribution < -0.4 is 0 Å². The molecule has 2 fully saturated rings. The Morgan fingerprint density at radius 1 is 1.23 bits per heavy atom. The average Bonchev–Trinajstić information content (AvgIpc) is 3.03. The number of aliphatic hydroxyl groups is 3. The molecule has 0 bridgehead atoms. The first-order valence-electron chi connectivity index (χ1n) is 12.0.